The maximum absolute atomic E-state index is 13.1. The van der Waals surface area contributed by atoms with E-state index in [2.05, 4.69) is 29.7 Å². The number of rotatable bonds is 3. The topological polar surface area (TPSA) is 0 Å². The van der Waals surface area contributed by atoms with E-state index in [0.717, 1.165) is 5.56 Å². The second-order valence-corrected chi connectivity index (χ2v) is 7.18. The van der Waals surface area contributed by atoms with Gasteiger partial charge in [-0.3, -0.25) is 0 Å². The van der Waals surface area contributed by atoms with E-state index >= 15 is 0 Å². The van der Waals surface area contributed by atoms with Gasteiger partial charge < -0.3 is 0 Å². The van der Waals surface area contributed by atoms with Crippen LogP contribution in [0.2, 0.25) is 0 Å². The summed E-state index contributed by atoms with van der Waals surface area (Å²) in [7, 11) is 0.381. The van der Waals surface area contributed by atoms with Crippen LogP contribution in [0.3, 0.4) is 0 Å². The van der Waals surface area contributed by atoms with E-state index in [4.69, 9.17) is 0 Å². The van der Waals surface area contributed by atoms with Gasteiger partial charge in [0.1, 0.15) is 22.7 Å². The molecule has 0 unspecified atom stereocenters. The van der Waals surface area contributed by atoms with Gasteiger partial charge in [-0.05, 0) is 36.1 Å². The summed E-state index contributed by atoms with van der Waals surface area (Å²) in [4.78, 5) is 0. The van der Waals surface area contributed by atoms with E-state index in [1.165, 1.54) is 35.5 Å². The van der Waals surface area contributed by atoms with Crippen molar-refractivity contribution in [1.29, 1.82) is 0 Å². The molecule has 0 atom stereocenters. The second-order valence-electron chi connectivity index (χ2n) is 5.06. The molecule has 0 amide bonds. The Morgan fingerprint density at radius 2 is 1.45 bits per heavy atom. The van der Waals surface area contributed by atoms with Crippen LogP contribution in [-0.4, -0.2) is 11.5 Å². The van der Waals surface area contributed by atoms with Crippen molar-refractivity contribution in [3.63, 3.8) is 0 Å². The minimum Gasteiger partial charge on any atom is -0.207 e. The van der Waals surface area contributed by atoms with E-state index in [1.54, 1.807) is 12.1 Å². The molecule has 0 aromatic heterocycles. The fourth-order valence-corrected chi connectivity index (χ4v) is 4.71. The lowest BCUT2D eigenvalue weighted by Gasteiger charge is -2.07. The SMILES string of the molecule is Fc1ccc(C(=C[S+]2CCCC2)c2ccccc2)cc1. The summed E-state index contributed by atoms with van der Waals surface area (Å²) in [5, 5.41) is 2.41. The van der Waals surface area contributed by atoms with Crippen molar-refractivity contribution in [2.75, 3.05) is 11.5 Å². The highest BCUT2D eigenvalue weighted by Gasteiger charge is 2.23. The van der Waals surface area contributed by atoms with Crippen molar-refractivity contribution >= 4 is 16.5 Å². The van der Waals surface area contributed by atoms with Crippen molar-refractivity contribution in [1.82, 2.24) is 0 Å². The molecule has 2 aromatic rings. The average molecular weight is 285 g/mol. The largest absolute Gasteiger partial charge is 0.207 e. The standard InChI is InChI=1S/C18H18FS/c19-17-10-8-16(9-11-17)18(14-20-12-4-5-13-20)15-6-2-1-3-7-15/h1-3,6-11,14H,4-5,12-13H2/q+1. The minimum absolute atomic E-state index is 0.176. The van der Waals surface area contributed by atoms with Crippen LogP contribution < -0.4 is 0 Å². The molecule has 2 aromatic carbocycles. The Labute approximate surface area is 122 Å². The van der Waals surface area contributed by atoms with Gasteiger partial charge in [-0.15, -0.1) is 0 Å². The Balaban J connectivity index is 2.01. The molecule has 2 heteroatoms. The van der Waals surface area contributed by atoms with Crippen LogP contribution in [-0.2, 0) is 10.9 Å². The van der Waals surface area contributed by atoms with Crippen LogP contribution in [0.15, 0.2) is 60.0 Å². The zero-order valence-electron chi connectivity index (χ0n) is 11.4. The van der Waals surface area contributed by atoms with Crippen LogP contribution >= 0.6 is 0 Å². The lowest BCUT2D eigenvalue weighted by atomic mass is 10.00. The molecule has 102 valence electrons. The van der Waals surface area contributed by atoms with E-state index in [9.17, 15) is 4.39 Å². The number of hydrogen-bond acceptors (Lipinski definition) is 0. The summed E-state index contributed by atoms with van der Waals surface area (Å²) < 4.78 is 13.1. The van der Waals surface area contributed by atoms with Crippen LogP contribution in [0.4, 0.5) is 4.39 Å². The van der Waals surface area contributed by atoms with E-state index in [0.29, 0.717) is 10.9 Å². The molecular weight excluding hydrogens is 267 g/mol. The monoisotopic (exact) mass is 285 g/mol. The molecular formula is C18H18FS+. The smallest absolute Gasteiger partial charge is 0.127 e. The number of hydrogen-bond donors (Lipinski definition) is 0. The molecule has 3 rings (SSSR count). The predicted molar refractivity (Wildman–Crippen MR) is 86.3 cm³/mol. The van der Waals surface area contributed by atoms with Gasteiger partial charge in [0.25, 0.3) is 0 Å². The quantitative estimate of drug-likeness (QED) is 0.721. The van der Waals surface area contributed by atoms with Gasteiger partial charge in [-0.1, -0.05) is 42.5 Å². The lowest BCUT2D eigenvalue weighted by molar-refractivity contribution is 0.627. The fourth-order valence-electron chi connectivity index (χ4n) is 2.51. The molecule has 0 radical (unpaired) electrons. The molecule has 0 saturated carbocycles. The highest BCUT2D eigenvalue weighted by molar-refractivity contribution is 8.00. The van der Waals surface area contributed by atoms with Gasteiger partial charge in [0.05, 0.1) is 0 Å². The summed E-state index contributed by atoms with van der Waals surface area (Å²) in [5.74, 6) is 2.43. The highest BCUT2D eigenvalue weighted by Crippen LogP contribution is 2.27. The third kappa shape index (κ3) is 3.13. The lowest BCUT2D eigenvalue weighted by Crippen LogP contribution is -2.00. The van der Waals surface area contributed by atoms with Crippen molar-refractivity contribution in [3.05, 3.63) is 76.9 Å². The Morgan fingerprint density at radius 1 is 0.850 bits per heavy atom. The van der Waals surface area contributed by atoms with Gasteiger partial charge in [0, 0.05) is 16.5 Å². The Hall–Kier alpha value is -1.54. The van der Waals surface area contributed by atoms with Crippen molar-refractivity contribution in [3.8, 4) is 0 Å². The van der Waals surface area contributed by atoms with E-state index in [-0.39, 0.29) is 5.82 Å². The minimum atomic E-state index is -0.176. The third-order valence-electron chi connectivity index (χ3n) is 3.59. The third-order valence-corrected chi connectivity index (χ3v) is 5.78. The first-order valence-corrected chi connectivity index (χ1v) is 8.65. The summed E-state index contributed by atoms with van der Waals surface area (Å²) >= 11 is 0. The molecule has 0 aliphatic carbocycles. The molecule has 1 aliphatic rings. The zero-order chi connectivity index (χ0) is 13.8. The second kappa shape index (κ2) is 6.27. The van der Waals surface area contributed by atoms with Crippen LogP contribution in [0.5, 0.6) is 0 Å². The highest BCUT2D eigenvalue weighted by atomic mass is 32.2. The van der Waals surface area contributed by atoms with Crippen molar-refractivity contribution in [2.24, 2.45) is 0 Å². The molecule has 1 fully saturated rings. The molecule has 1 saturated heterocycles. The molecule has 0 N–H and O–H groups in total. The van der Waals surface area contributed by atoms with Gasteiger partial charge in [0.2, 0.25) is 0 Å². The Morgan fingerprint density at radius 3 is 2.10 bits per heavy atom. The predicted octanol–water partition coefficient (Wildman–Crippen LogP) is 4.63. The molecule has 20 heavy (non-hydrogen) atoms. The Bertz CT molecular complexity index is 581. The first-order valence-electron chi connectivity index (χ1n) is 7.02. The maximum atomic E-state index is 13.1. The summed E-state index contributed by atoms with van der Waals surface area (Å²) in [5.41, 5.74) is 3.58. The first-order chi connectivity index (χ1) is 9.83. The summed E-state index contributed by atoms with van der Waals surface area (Å²) in [6.07, 6.45) is 2.68. The normalized spacial score (nSPS) is 16.6. The molecule has 0 nitrogen and oxygen atoms in total. The van der Waals surface area contributed by atoms with Crippen LogP contribution in [0.1, 0.15) is 24.0 Å². The fraction of sp³-hybridized carbons (Fsp3) is 0.222. The zero-order valence-corrected chi connectivity index (χ0v) is 12.2. The first kappa shape index (κ1) is 13.4. The molecule has 1 heterocycles. The molecule has 0 bridgehead atoms. The van der Waals surface area contributed by atoms with Gasteiger partial charge in [0.15, 0.2) is 0 Å². The van der Waals surface area contributed by atoms with Crippen LogP contribution in [0.25, 0.3) is 5.57 Å². The van der Waals surface area contributed by atoms with Crippen LogP contribution in [0, 0.1) is 5.82 Å². The van der Waals surface area contributed by atoms with Crippen molar-refractivity contribution < 1.29 is 4.39 Å². The van der Waals surface area contributed by atoms with Gasteiger partial charge in [-0.25, -0.2) is 4.39 Å². The van der Waals surface area contributed by atoms with Crippen molar-refractivity contribution in [2.45, 2.75) is 12.8 Å². The summed E-state index contributed by atoms with van der Waals surface area (Å²) in [6.45, 7) is 0. The van der Waals surface area contributed by atoms with E-state index in [1.807, 2.05) is 18.2 Å². The molecule has 1 aliphatic heterocycles. The number of halogens is 1. The summed E-state index contributed by atoms with van der Waals surface area (Å²) in [6, 6.07) is 17.3. The maximum Gasteiger partial charge on any atom is 0.127 e. The average Bonchev–Trinajstić information content (AvgIpc) is 3.00. The molecule has 0 spiro atoms. The Kier molecular flexibility index (Phi) is 4.22. The number of benzene rings is 2. The van der Waals surface area contributed by atoms with Gasteiger partial charge >= 0.3 is 0 Å². The van der Waals surface area contributed by atoms with Gasteiger partial charge in [-0.2, -0.15) is 0 Å². The van der Waals surface area contributed by atoms with E-state index < -0.39 is 0 Å².